The van der Waals surface area contributed by atoms with Crippen molar-refractivity contribution in [3.8, 4) is 0 Å². The molecular formula is C10H18N2O4. The topological polar surface area (TPSA) is 67.9 Å². The van der Waals surface area contributed by atoms with Gasteiger partial charge in [-0.1, -0.05) is 0 Å². The van der Waals surface area contributed by atoms with E-state index < -0.39 is 12.1 Å². The van der Waals surface area contributed by atoms with Crippen molar-refractivity contribution in [1.29, 1.82) is 0 Å². The number of morpholine rings is 1. The zero-order valence-electron chi connectivity index (χ0n) is 9.86. The second-order valence-electron chi connectivity index (χ2n) is 3.92. The van der Waals surface area contributed by atoms with Gasteiger partial charge in [-0.3, -0.25) is 9.69 Å². The summed E-state index contributed by atoms with van der Waals surface area (Å²) >= 11 is 0. The summed E-state index contributed by atoms with van der Waals surface area (Å²) in [6, 6.07) is -0.558. The van der Waals surface area contributed by atoms with E-state index in [1.54, 1.807) is 0 Å². The number of hydrogen-bond acceptors (Lipinski definition) is 4. The second kappa shape index (κ2) is 5.69. The largest absolute Gasteiger partial charge is 0.453 e. The molecule has 16 heavy (non-hydrogen) atoms. The Bertz CT molecular complexity index is 268. The Balaban J connectivity index is 2.66. The number of hydrogen-bond donors (Lipinski definition) is 1. The minimum Gasteiger partial charge on any atom is -0.453 e. The molecule has 0 spiro atoms. The van der Waals surface area contributed by atoms with Gasteiger partial charge in [-0.2, -0.15) is 0 Å². The van der Waals surface area contributed by atoms with E-state index in [1.165, 1.54) is 12.0 Å². The molecule has 1 saturated heterocycles. The van der Waals surface area contributed by atoms with E-state index in [0.29, 0.717) is 13.2 Å². The number of carbonyl (C=O) groups excluding carboxylic acids is 2. The smallest absolute Gasteiger partial charge is 0.410 e. The molecule has 1 atom stereocenters. The molecule has 6 nitrogen and oxygen atoms in total. The van der Waals surface area contributed by atoms with Gasteiger partial charge in [-0.25, -0.2) is 4.79 Å². The molecule has 0 bridgehead atoms. The molecule has 1 N–H and O–H groups in total. The van der Waals surface area contributed by atoms with Gasteiger partial charge in [0.25, 0.3) is 0 Å². The van der Waals surface area contributed by atoms with E-state index in [1.807, 2.05) is 13.8 Å². The maximum atomic E-state index is 11.8. The quantitative estimate of drug-likeness (QED) is 0.723. The monoisotopic (exact) mass is 230 g/mol. The van der Waals surface area contributed by atoms with Crippen LogP contribution in [0.5, 0.6) is 0 Å². The van der Waals surface area contributed by atoms with E-state index in [4.69, 9.17) is 4.74 Å². The Morgan fingerprint density at radius 1 is 1.50 bits per heavy atom. The molecule has 1 aliphatic rings. The summed E-state index contributed by atoms with van der Waals surface area (Å²) in [6.07, 6.45) is -0.493. The van der Waals surface area contributed by atoms with Crippen LogP contribution in [0.15, 0.2) is 0 Å². The number of carbonyl (C=O) groups is 2. The standard InChI is InChI=1S/C10H18N2O4/c1-7(2)11-9(13)8-6-16-5-4-12(8)10(14)15-3/h7-8H,4-6H2,1-3H3,(H,11,13). The molecular weight excluding hydrogens is 212 g/mol. The number of nitrogens with one attached hydrogen (secondary N) is 1. The normalized spacial score (nSPS) is 20.8. The van der Waals surface area contributed by atoms with Gasteiger partial charge < -0.3 is 14.8 Å². The summed E-state index contributed by atoms with van der Waals surface area (Å²) in [5, 5.41) is 2.75. The lowest BCUT2D eigenvalue weighted by molar-refractivity contribution is -0.131. The van der Waals surface area contributed by atoms with Gasteiger partial charge in [0.15, 0.2) is 0 Å². The summed E-state index contributed by atoms with van der Waals surface area (Å²) in [6.45, 7) is 4.76. The lowest BCUT2D eigenvalue weighted by Gasteiger charge is -2.33. The third-order valence-electron chi connectivity index (χ3n) is 2.27. The molecule has 0 saturated carbocycles. The summed E-state index contributed by atoms with van der Waals surface area (Å²) < 4.78 is 9.83. The van der Waals surface area contributed by atoms with Crippen molar-refractivity contribution in [2.45, 2.75) is 25.9 Å². The minimum atomic E-state index is -0.594. The summed E-state index contributed by atoms with van der Waals surface area (Å²) in [7, 11) is 1.30. The van der Waals surface area contributed by atoms with Crippen LogP contribution in [0.4, 0.5) is 4.79 Å². The number of rotatable bonds is 2. The molecule has 2 amide bonds. The Morgan fingerprint density at radius 2 is 2.19 bits per heavy atom. The highest BCUT2D eigenvalue weighted by atomic mass is 16.5. The van der Waals surface area contributed by atoms with Gasteiger partial charge in [0, 0.05) is 12.6 Å². The Labute approximate surface area is 94.9 Å². The third-order valence-corrected chi connectivity index (χ3v) is 2.27. The van der Waals surface area contributed by atoms with E-state index in [2.05, 4.69) is 10.1 Å². The van der Waals surface area contributed by atoms with Crippen molar-refractivity contribution in [2.75, 3.05) is 26.9 Å². The highest BCUT2D eigenvalue weighted by Crippen LogP contribution is 2.09. The zero-order chi connectivity index (χ0) is 12.1. The summed E-state index contributed by atoms with van der Waals surface area (Å²) in [5.41, 5.74) is 0. The molecule has 0 aromatic rings. The zero-order valence-corrected chi connectivity index (χ0v) is 9.86. The average Bonchev–Trinajstić information content (AvgIpc) is 2.27. The van der Waals surface area contributed by atoms with Gasteiger partial charge in [0.1, 0.15) is 6.04 Å². The van der Waals surface area contributed by atoms with E-state index in [-0.39, 0.29) is 18.6 Å². The highest BCUT2D eigenvalue weighted by Gasteiger charge is 2.33. The van der Waals surface area contributed by atoms with Gasteiger partial charge in [0.2, 0.25) is 5.91 Å². The minimum absolute atomic E-state index is 0.0360. The second-order valence-corrected chi connectivity index (χ2v) is 3.92. The lowest BCUT2D eigenvalue weighted by atomic mass is 10.2. The Hall–Kier alpha value is -1.30. The lowest BCUT2D eigenvalue weighted by Crippen LogP contribution is -2.56. The first-order valence-corrected chi connectivity index (χ1v) is 5.29. The fourth-order valence-electron chi connectivity index (χ4n) is 1.54. The van der Waals surface area contributed by atoms with Crippen LogP contribution in [0.25, 0.3) is 0 Å². The van der Waals surface area contributed by atoms with Crippen molar-refractivity contribution < 1.29 is 19.1 Å². The highest BCUT2D eigenvalue weighted by molar-refractivity contribution is 5.86. The van der Waals surface area contributed by atoms with Gasteiger partial charge in [-0.05, 0) is 13.8 Å². The van der Waals surface area contributed by atoms with Crippen LogP contribution in [0.3, 0.4) is 0 Å². The molecule has 1 aliphatic heterocycles. The molecule has 1 fully saturated rings. The Morgan fingerprint density at radius 3 is 2.75 bits per heavy atom. The van der Waals surface area contributed by atoms with E-state index in [0.717, 1.165) is 0 Å². The van der Waals surface area contributed by atoms with Crippen molar-refractivity contribution in [3.63, 3.8) is 0 Å². The van der Waals surface area contributed by atoms with Crippen molar-refractivity contribution >= 4 is 12.0 Å². The molecule has 6 heteroatoms. The van der Waals surface area contributed by atoms with Crippen LogP contribution in [0.1, 0.15) is 13.8 Å². The Kier molecular flexibility index (Phi) is 4.54. The molecule has 0 aliphatic carbocycles. The number of nitrogens with zero attached hydrogens (tertiary/aromatic N) is 1. The molecule has 1 rings (SSSR count). The van der Waals surface area contributed by atoms with Crippen LogP contribution >= 0.6 is 0 Å². The number of ether oxygens (including phenoxy) is 2. The fraction of sp³-hybridized carbons (Fsp3) is 0.800. The predicted octanol–water partition coefficient (Wildman–Crippen LogP) is -0.0218. The van der Waals surface area contributed by atoms with E-state index in [9.17, 15) is 9.59 Å². The maximum Gasteiger partial charge on any atom is 0.410 e. The molecule has 92 valence electrons. The van der Waals surface area contributed by atoms with Crippen LogP contribution < -0.4 is 5.32 Å². The first-order valence-electron chi connectivity index (χ1n) is 5.29. The number of methoxy groups -OCH3 is 1. The van der Waals surface area contributed by atoms with Gasteiger partial charge in [-0.15, -0.1) is 0 Å². The first-order chi connectivity index (χ1) is 7.56. The van der Waals surface area contributed by atoms with Crippen molar-refractivity contribution in [1.82, 2.24) is 10.2 Å². The van der Waals surface area contributed by atoms with Crippen LogP contribution in [-0.4, -0.2) is 55.9 Å². The van der Waals surface area contributed by atoms with Crippen molar-refractivity contribution in [3.05, 3.63) is 0 Å². The molecule has 0 aromatic carbocycles. The molecule has 0 aromatic heterocycles. The molecule has 0 radical (unpaired) electrons. The fourth-order valence-corrected chi connectivity index (χ4v) is 1.54. The molecule has 1 unspecified atom stereocenters. The predicted molar refractivity (Wildman–Crippen MR) is 57.0 cm³/mol. The third kappa shape index (κ3) is 3.10. The van der Waals surface area contributed by atoms with Crippen molar-refractivity contribution in [2.24, 2.45) is 0 Å². The average molecular weight is 230 g/mol. The maximum absolute atomic E-state index is 11.8. The van der Waals surface area contributed by atoms with Crippen LogP contribution in [-0.2, 0) is 14.3 Å². The molecule has 1 heterocycles. The van der Waals surface area contributed by atoms with Crippen LogP contribution in [0, 0.1) is 0 Å². The van der Waals surface area contributed by atoms with Gasteiger partial charge >= 0.3 is 6.09 Å². The summed E-state index contributed by atoms with van der Waals surface area (Å²) in [5.74, 6) is -0.208. The first kappa shape index (κ1) is 12.8. The van der Waals surface area contributed by atoms with Gasteiger partial charge in [0.05, 0.1) is 20.3 Å². The summed E-state index contributed by atoms with van der Waals surface area (Å²) in [4.78, 5) is 24.6. The number of amides is 2. The SMILES string of the molecule is COC(=O)N1CCOCC1C(=O)NC(C)C. The van der Waals surface area contributed by atoms with Crippen LogP contribution in [0.2, 0.25) is 0 Å². The van der Waals surface area contributed by atoms with E-state index >= 15 is 0 Å².